The lowest BCUT2D eigenvalue weighted by atomic mass is 10.1. The van der Waals surface area contributed by atoms with Gasteiger partial charge in [0.15, 0.2) is 0 Å². The first-order valence-electron chi connectivity index (χ1n) is 9.44. The Morgan fingerprint density at radius 3 is 2.07 bits per heavy atom. The minimum absolute atomic E-state index is 0.192. The lowest BCUT2D eigenvalue weighted by molar-refractivity contribution is -0.118. The molecule has 2 aliphatic rings. The maximum Gasteiger partial charge on any atom is 0.281 e. The first kappa shape index (κ1) is 16.7. The summed E-state index contributed by atoms with van der Waals surface area (Å²) in [5, 5.41) is 1.24. The van der Waals surface area contributed by atoms with E-state index in [4.69, 9.17) is 0 Å². The van der Waals surface area contributed by atoms with E-state index in [0.717, 1.165) is 22.5 Å². The molecule has 2 amide bonds. The predicted molar refractivity (Wildman–Crippen MR) is 105 cm³/mol. The smallest absolute Gasteiger partial charge is 0.281 e. The lowest BCUT2D eigenvalue weighted by Crippen LogP contribution is -2.41. The van der Waals surface area contributed by atoms with Gasteiger partial charge in [-0.15, -0.1) is 0 Å². The summed E-state index contributed by atoms with van der Waals surface area (Å²) in [6.07, 6.45) is 2.23. The minimum atomic E-state index is -0.327. The number of carbonyl (C=O) groups excluding carboxylic acids is 3. The minimum Gasteiger partial charge on any atom is -0.299 e. The van der Waals surface area contributed by atoms with E-state index in [1.165, 1.54) is 5.01 Å². The Kier molecular flexibility index (Phi) is 3.76. The van der Waals surface area contributed by atoms with Crippen LogP contribution in [-0.4, -0.2) is 22.3 Å². The fraction of sp³-hybridized carbons (Fsp3) is 0.174. The number of Topliss-reactive ketones (excluding diaryl/α,β-unsaturated/α-hetero) is 1. The van der Waals surface area contributed by atoms with Crippen molar-refractivity contribution in [2.45, 2.75) is 25.7 Å². The molecule has 0 atom stereocenters. The Morgan fingerprint density at radius 1 is 0.750 bits per heavy atom. The van der Waals surface area contributed by atoms with Crippen molar-refractivity contribution in [3.63, 3.8) is 0 Å². The van der Waals surface area contributed by atoms with Crippen LogP contribution in [0.5, 0.6) is 0 Å². The average Bonchev–Trinajstić information content (AvgIpc) is 3.10. The van der Waals surface area contributed by atoms with E-state index in [1.807, 2.05) is 36.4 Å². The van der Waals surface area contributed by atoms with Crippen LogP contribution in [0.3, 0.4) is 0 Å². The summed E-state index contributed by atoms with van der Waals surface area (Å²) < 4.78 is 1.74. The second kappa shape index (κ2) is 6.30. The maximum atomic E-state index is 13.1. The van der Waals surface area contributed by atoms with Crippen LogP contribution < -0.4 is 5.01 Å². The molecule has 138 valence electrons. The summed E-state index contributed by atoms with van der Waals surface area (Å²) >= 11 is 0. The highest BCUT2D eigenvalue weighted by molar-refractivity contribution is 6.30. The first-order chi connectivity index (χ1) is 13.6. The standard InChI is InChI=1S/C23H18N2O3/c26-17-9-6-12-20-16(13-17)14-21(15-7-2-1-3-8-15)24(20)25-22(27)18-10-4-5-11-19(18)23(25)28/h1-5,7-8,10-11,14H,6,9,12-13H2. The van der Waals surface area contributed by atoms with Crippen molar-refractivity contribution in [2.75, 3.05) is 5.01 Å². The van der Waals surface area contributed by atoms with Crippen LogP contribution in [0.15, 0.2) is 60.7 Å². The van der Waals surface area contributed by atoms with Gasteiger partial charge in [-0.05, 0) is 36.6 Å². The molecule has 0 fully saturated rings. The first-order valence-corrected chi connectivity index (χ1v) is 9.44. The molecule has 28 heavy (non-hydrogen) atoms. The molecule has 5 rings (SSSR count). The van der Waals surface area contributed by atoms with Gasteiger partial charge in [-0.25, -0.2) is 4.68 Å². The average molecular weight is 370 g/mol. The van der Waals surface area contributed by atoms with E-state index in [1.54, 1.807) is 28.9 Å². The zero-order valence-electron chi connectivity index (χ0n) is 15.2. The number of imide groups is 1. The molecule has 2 heterocycles. The van der Waals surface area contributed by atoms with Gasteiger partial charge in [0.1, 0.15) is 5.78 Å². The van der Waals surface area contributed by atoms with Gasteiger partial charge in [0.05, 0.1) is 16.8 Å². The quantitative estimate of drug-likeness (QED) is 0.512. The van der Waals surface area contributed by atoms with Crippen LogP contribution in [0.1, 0.15) is 44.8 Å². The van der Waals surface area contributed by atoms with Crippen LogP contribution in [0.4, 0.5) is 0 Å². The Balaban J connectivity index is 1.74. The monoisotopic (exact) mass is 370 g/mol. The number of benzene rings is 2. The summed E-state index contributed by atoms with van der Waals surface area (Å²) in [6.45, 7) is 0. The molecule has 0 saturated carbocycles. The van der Waals surface area contributed by atoms with E-state index < -0.39 is 0 Å². The zero-order chi connectivity index (χ0) is 19.3. The molecule has 5 nitrogen and oxygen atoms in total. The van der Waals surface area contributed by atoms with Gasteiger partial charge >= 0.3 is 0 Å². The molecule has 0 radical (unpaired) electrons. The van der Waals surface area contributed by atoms with Crippen molar-refractivity contribution >= 4 is 17.6 Å². The number of amides is 2. The van der Waals surface area contributed by atoms with Gasteiger partial charge in [0.25, 0.3) is 11.8 Å². The van der Waals surface area contributed by atoms with Gasteiger partial charge in [0, 0.05) is 24.1 Å². The fourth-order valence-corrected chi connectivity index (χ4v) is 4.17. The highest BCUT2D eigenvalue weighted by atomic mass is 16.2. The van der Waals surface area contributed by atoms with Crippen molar-refractivity contribution in [3.05, 3.63) is 83.0 Å². The number of ketones is 1. The van der Waals surface area contributed by atoms with Crippen LogP contribution in [-0.2, 0) is 17.6 Å². The Labute approximate surface area is 162 Å². The molecule has 1 aliphatic heterocycles. The van der Waals surface area contributed by atoms with E-state index >= 15 is 0 Å². The Morgan fingerprint density at radius 2 is 1.39 bits per heavy atom. The Hall–Kier alpha value is -3.47. The third-order valence-electron chi connectivity index (χ3n) is 5.46. The number of rotatable bonds is 2. The molecule has 3 aromatic rings. The van der Waals surface area contributed by atoms with E-state index in [9.17, 15) is 14.4 Å². The van der Waals surface area contributed by atoms with Crippen molar-refractivity contribution in [1.29, 1.82) is 0 Å². The van der Waals surface area contributed by atoms with E-state index in [-0.39, 0.29) is 17.6 Å². The van der Waals surface area contributed by atoms with Crippen LogP contribution in [0.2, 0.25) is 0 Å². The highest BCUT2D eigenvalue weighted by Crippen LogP contribution is 2.33. The van der Waals surface area contributed by atoms with Crippen LogP contribution in [0.25, 0.3) is 11.3 Å². The summed E-state index contributed by atoms with van der Waals surface area (Å²) in [4.78, 5) is 38.5. The van der Waals surface area contributed by atoms with E-state index in [0.29, 0.717) is 36.8 Å². The summed E-state index contributed by atoms with van der Waals surface area (Å²) in [6, 6.07) is 18.5. The molecule has 0 unspecified atom stereocenters. The van der Waals surface area contributed by atoms with Crippen molar-refractivity contribution in [2.24, 2.45) is 0 Å². The van der Waals surface area contributed by atoms with Gasteiger partial charge in [-0.1, -0.05) is 42.5 Å². The normalized spacial score (nSPS) is 16.1. The molecular formula is C23H18N2O3. The molecule has 0 spiro atoms. The number of hydrogen-bond acceptors (Lipinski definition) is 3. The Bertz CT molecular complexity index is 1090. The molecular weight excluding hydrogens is 352 g/mol. The van der Waals surface area contributed by atoms with E-state index in [2.05, 4.69) is 0 Å². The SMILES string of the molecule is O=C1CCCc2c(cc(-c3ccccc3)n2N2C(=O)c3ccccc3C2=O)C1. The fourth-order valence-electron chi connectivity index (χ4n) is 4.17. The third kappa shape index (κ3) is 2.43. The zero-order valence-corrected chi connectivity index (χ0v) is 15.2. The summed E-state index contributed by atoms with van der Waals surface area (Å²) in [7, 11) is 0. The highest BCUT2D eigenvalue weighted by Gasteiger charge is 2.39. The van der Waals surface area contributed by atoms with Crippen molar-refractivity contribution in [3.8, 4) is 11.3 Å². The number of carbonyl (C=O) groups is 3. The molecule has 0 saturated heterocycles. The topological polar surface area (TPSA) is 59.4 Å². The van der Waals surface area contributed by atoms with Crippen molar-refractivity contribution < 1.29 is 14.4 Å². The van der Waals surface area contributed by atoms with Gasteiger partial charge in [-0.2, -0.15) is 5.01 Å². The predicted octanol–water partition coefficient (Wildman–Crippen LogP) is 3.54. The molecule has 2 aromatic carbocycles. The third-order valence-corrected chi connectivity index (χ3v) is 5.46. The molecule has 1 aliphatic carbocycles. The molecule has 0 bridgehead atoms. The van der Waals surface area contributed by atoms with Gasteiger partial charge in [-0.3, -0.25) is 14.4 Å². The van der Waals surface area contributed by atoms with Crippen LogP contribution >= 0.6 is 0 Å². The molecule has 1 aromatic heterocycles. The largest absolute Gasteiger partial charge is 0.299 e. The summed E-state index contributed by atoms with van der Waals surface area (Å²) in [5.41, 5.74) is 4.27. The lowest BCUT2D eigenvalue weighted by Gasteiger charge is -2.22. The van der Waals surface area contributed by atoms with Gasteiger partial charge < -0.3 is 0 Å². The number of nitrogens with zero attached hydrogens (tertiary/aromatic N) is 2. The van der Waals surface area contributed by atoms with Crippen LogP contribution in [0, 0.1) is 0 Å². The second-order valence-electron chi connectivity index (χ2n) is 7.22. The number of fused-ring (bicyclic) bond motifs is 2. The maximum absolute atomic E-state index is 13.1. The molecule has 5 heteroatoms. The molecule has 0 N–H and O–H groups in total. The second-order valence-corrected chi connectivity index (χ2v) is 7.22. The summed E-state index contributed by atoms with van der Waals surface area (Å²) in [5.74, 6) is -0.462. The van der Waals surface area contributed by atoms with Crippen molar-refractivity contribution in [1.82, 2.24) is 4.68 Å². The number of hydrogen-bond donors (Lipinski definition) is 0. The van der Waals surface area contributed by atoms with Gasteiger partial charge in [0.2, 0.25) is 0 Å². The number of aromatic nitrogens is 1.